The molecule has 2 heterocycles. The number of aromatic nitrogens is 3. The predicted molar refractivity (Wildman–Crippen MR) is 66.0 cm³/mol. The van der Waals surface area contributed by atoms with Crippen molar-refractivity contribution in [2.24, 2.45) is 0 Å². The van der Waals surface area contributed by atoms with E-state index in [9.17, 15) is 13.6 Å². The number of hydrogen-bond donors (Lipinski definition) is 2. The largest absolute Gasteiger partial charge is 0.481 e. The summed E-state index contributed by atoms with van der Waals surface area (Å²) in [6, 6.07) is 1.89. The molecule has 3 rings (SSSR count). The molecular formula is C11H6BrF2N3O2. The molecular weight excluding hydrogens is 324 g/mol. The van der Waals surface area contributed by atoms with Crippen LogP contribution in [0.2, 0.25) is 0 Å². The first-order valence-electron chi connectivity index (χ1n) is 5.22. The Labute approximate surface area is 113 Å². The first-order chi connectivity index (χ1) is 8.97. The molecule has 0 unspecified atom stereocenters. The Kier molecular flexibility index (Phi) is 2.56. The molecule has 0 saturated heterocycles. The van der Waals surface area contributed by atoms with Crippen LogP contribution in [0.25, 0.3) is 16.8 Å². The lowest BCUT2D eigenvalue weighted by atomic mass is 10.3. The molecule has 2 N–H and O–H groups in total. The van der Waals surface area contributed by atoms with Gasteiger partial charge in [-0.05, 0) is 15.9 Å². The second kappa shape index (κ2) is 4.02. The zero-order valence-electron chi connectivity index (χ0n) is 9.25. The molecule has 0 spiro atoms. The minimum atomic E-state index is -1.02. The van der Waals surface area contributed by atoms with E-state index in [1.165, 1.54) is 4.40 Å². The zero-order chi connectivity index (χ0) is 13.7. The van der Waals surface area contributed by atoms with E-state index in [2.05, 4.69) is 25.9 Å². The van der Waals surface area contributed by atoms with Crippen LogP contribution in [0.1, 0.15) is 5.69 Å². The van der Waals surface area contributed by atoms with E-state index < -0.39 is 17.6 Å². The number of halogens is 3. The van der Waals surface area contributed by atoms with Gasteiger partial charge in [0.05, 0.1) is 17.6 Å². The third kappa shape index (κ3) is 1.79. The molecule has 5 nitrogen and oxygen atoms in total. The molecule has 0 fully saturated rings. The maximum Gasteiger partial charge on any atom is 0.309 e. The number of aliphatic carboxylic acids is 1. The third-order valence-electron chi connectivity index (χ3n) is 2.71. The first kappa shape index (κ1) is 12.1. The van der Waals surface area contributed by atoms with Crippen LogP contribution in [0.5, 0.6) is 0 Å². The number of rotatable bonds is 2. The highest BCUT2D eigenvalue weighted by Gasteiger charge is 2.18. The smallest absolute Gasteiger partial charge is 0.309 e. The average molecular weight is 330 g/mol. The topological polar surface area (TPSA) is 70.4 Å². The number of fused-ring (bicyclic) bond motifs is 3. The van der Waals surface area contributed by atoms with Gasteiger partial charge in [-0.2, -0.15) is 0 Å². The maximum absolute atomic E-state index is 13.6. The van der Waals surface area contributed by atoms with Crippen LogP contribution in [-0.2, 0) is 11.2 Å². The van der Waals surface area contributed by atoms with Crippen molar-refractivity contribution < 1.29 is 18.7 Å². The highest BCUT2D eigenvalue weighted by Crippen LogP contribution is 2.27. The normalized spacial score (nSPS) is 11.5. The number of carboxylic acids is 1. The number of imidazole rings is 2. The van der Waals surface area contributed by atoms with E-state index in [1.54, 1.807) is 0 Å². The Morgan fingerprint density at radius 3 is 2.89 bits per heavy atom. The Hall–Kier alpha value is -1.96. The van der Waals surface area contributed by atoms with Gasteiger partial charge in [-0.15, -0.1) is 0 Å². The van der Waals surface area contributed by atoms with Crippen molar-refractivity contribution in [2.75, 3.05) is 0 Å². The lowest BCUT2D eigenvalue weighted by Crippen LogP contribution is -2.01. The fourth-order valence-electron chi connectivity index (χ4n) is 1.98. The molecule has 0 saturated carbocycles. The summed E-state index contributed by atoms with van der Waals surface area (Å²) < 4.78 is 28.6. The van der Waals surface area contributed by atoms with Crippen molar-refractivity contribution in [1.82, 2.24) is 14.4 Å². The van der Waals surface area contributed by atoms with E-state index in [0.29, 0.717) is 10.3 Å². The molecule has 3 aromatic rings. The summed E-state index contributed by atoms with van der Waals surface area (Å²) >= 11 is 3.21. The Balaban J connectivity index is 2.35. The summed E-state index contributed by atoms with van der Waals surface area (Å²) in [6.07, 6.45) is -0.247. The number of aromatic amines is 1. The molecule has 8 heteroatoms. The summed E-state index contributed by atoms with van der Waals surface area (Å²) in [7, 11) is 0. The van der Waals surface area contributed by atoms with Crippen LogP contribution in [0.3, 0.4) is 0 Å². The monoisotopic (exact) mass is 329 g/mol. The molecule has 0 amide bonds. The molecule has 0 atom stereocenters. The number of nitrogens with zero attached hydrogens (tertiary/aromatic N) is 2. The number of hydrogen-bond acceptors (Lipinski definition) is 2. The van der Waals surface area contributed by atoms with E-state index in [0.717, 1.165) is 12.1 Å². The molecule has 2 aromatic heterocycles. The van der Waals surface area contributed by atoms with Gasteiger partial charge in [0.2, 0.25) is 5.78 Å². The Bertz CT molecular complexity index is 824. The van der Waals surface area contributed by atoms with Gasteiger partial charge in [-0.25, -0.2) is 13.8 Å². The molecule has 0 bridgehead atoms. The van der Waals surface area contributed by atoms with Gasteiger partial charge in [0.15, 0.2) is 5.82 Å². The highest BCUT2D eigenvalue weighted by molar-refractivity contribution is 9.10. The average Bonchev–Trinajstić information content (AvgIpc) is 2.78. The minimum Gasteiger partial charge on any atom is -0.481 e. The van der Waals surface area contributed by atoms with Crippen molar-refractivity contribution in [3.8, 4) is 0 Å². The van der Waals surface area contributed by atoms with Crippen LogP contribution in [-0.4, -0.2) is 25.4 Å². The lowest BCUT2D eigenvalue weighted by Gasteiger charge is -1.97. The fraction of sp³-hybridized carbons (Fsp3) is 0.0909. The van der Waals surface area contributed by atoms with Gasteiger partial charge >= 0.3 is 5.97 Å². The minimum absolute atomic E-state index is 0.0234. The SMILES string of the molecule is O=C(O)Cc1[nH]c2nc3c(F)cc(F)cc3n2c1Br. The quantitative estimate of drug-likeness (QED) is 0.758. The van der Waals surface area contributed by atoms with Crippen molar-refractivity contribution >= 4 is 38.7 Å². The van der Waals surface area contributed by atoms with Gasteiger partial charge in [-0.1, -0.05) is 0 Å². The summed E-state index contributed by atoms with van der Waals surface area (Å²) in [4.78, 5) is 17.5. The van der Waals surface area contributed by atoms with Crippen LogP contribution < -0.4 is 0 Å². The van der Waals surface area contributed by atoms with Gasteiger partial charge in [-0.3, -0.25) is 9.20 Å². The molecule has 0 radical (unpaired) electrons. The fourth-order valence-corrected chi connectivity index (χ4v) is 2.57. The lowest BCUT2D eigenvalue weighted by molar-refractivity contribution is -0.136. The highest BCUT2D eigenvalue weighted by atomic mass is 79.9. The number of nitrogens with one attached hydrogen (secondary N) is 1. The van der Waals surface area contributed by atoms with Crippen molar-refractivity contribution in [2.45, 2.75) is 6.42 Å². The third-order valence-corrected chi connectivity index (χ3v) is 3.55. The summed E-state index contributed by atoms with van der Waals surface area (Å²) in [5.74, 6) is -2.26. The van der Waals surface area contributed by atoms with Crippen molar-refractivity contribution in [3.63, 3.8) is 0 Å². The van der Waals surface area contributed by atoms with Crippen molar-refractivity contribution in [3.05, 3.63) is 34.1 Å². The number of benzene rings is 1. The summed E-state index contributed by atoms with van der Waals surface area (Å²) in [5.41, 5.74) is 0.629. The van der Waals surface area contributed by atoms with Gasteiger partial charge in [0, 0.05) is 12.1 Å². The zero-order valence-corrected chi connectivity index (χ0v) is 10.8. The molecule has 0 aliphatic carbocycles. The first-order valence-corrected chi connectivity index (χ1v) is 6.02. The van der Waals surface area contributed by atoms with E-state index in [4.69, 9.17) is 5.11 Å². The molecule has 1 aromatic carbocycles. The van der Waals surface area contributed by atoms with Crippen LogP contribution in [0, 0.1) is 11.6 Å². The Morgan fingerprint density at radius 1 is 1.47 bits per heavy atom. The van der Waals surface area contributed by atoms with Crippen molar-refractivity contribution in [1.29, 1.82) is 0 Å². The second-order valence-corrected chi connectivity index (χ2v) is 4.74. The number of H-pyrrole nitrogens is 1. The van der Waals surface area contributed by atoms with E-state index in [-0.39, 0.29) is 23.2 Å². The number of carbonyl (C=O) groups is 1. The number of carboxylic acid groups (broad SMARTS) is 1. The van der Waals surface area contributed by atoms with Gasteiger partial charge in [0.25, 0.3) is 0 Å². The summed E-state index contributed by atoms with van der Waals surface area (Å²) in [5, 5.41) is 8.77. The van der Waals surface area contributed by atoms with E-state index in [1.807, 2.05) is 0 Å². The molecule has 0 aliphatic rings. The van der Waals surface area contributed by atoms with Gasteiger partial charge < -0.3 is 10.1 Å². The maximum atomic E-state index is 13.6. The van der Waals surface area contributed by atoms with E-state index >= 15 is 0 Å². The van der Waals surface area contributed by atoms with Crippen LogP contribution in [0.4, 0.5) is 8.78 Å². The second-order valence-electron chi connectivity index (χ2n) is 3.99. The Morgan fingerprint density at radius 2 is 2.21 bits per heavy atom. The predicted octanol–water partition coefficient (Wildman–Crippen LogP) is 2.48. The van der Waals surface area contributed by atoms with Gasteiger partial charge in [0.1, 0.15) is 15.9 Å². The molecule has 0 aliphatic heterocycles. The molecule has 98 valence electrons. The summed E-state index contributed by atoms with van der Waals surface area (Å²) in [6.45, 7) is 0. The molecule has 19 heavy (non-hydrogen) atoms. The van der Waals surface area contributed by atoms with Crippen LogP contribution in [0.15, 0.2) is 16.7 Å². The standard InChI is InChI=1S/C11H6BrF2N3O2/c12-10-6(3-8(18)19)15-11-16-9-5(14)1-4(13)2-7(9)17(10)11/h1-2H,3H2,(H,15,16)(H,18,19). The van der Waals surface area contributed by atoms with Crippen LogP contribution >= 0.6 is 15.9 Å².